The van der Waals surface area contributed by atoms with Gasteiger partial charge in [0.1, 0.15) is 11.8 Å². The summed E-state index contributed by atoms with van der Waals surface area (Å²) in [6.45, 7) is 5.93. The van der Waals surface area contributed by atoms with Crippen molar-refractivity contribution in [1.29, 1.82) is 0 Å². The second-order valence-electron chi connectivity index (χ2n) is 7.52. The topological polar surface area (TPSA) is 57.6 Å². The molecule has 1 atom stereocenters. The Balaban J connectivity index is 1.92. The SMILES string of the molecule is CCc1ccc(/C(O)=C2/C(=O)C(=O)N(c3cc(C)ccc3C)C2c2cccs2)cc1. The molecule has 0 radical (unpaired) electrons. The number of carbonyl (C=O) groups is 2. The van der Waals surface area contributed by atoms with Crippen molar-refractivity contribution < 1.29 is 14.7 Å². The second-order valence-corrected chi connectivity index (χ2v) is 8.50. The minimum Gasteiger partial charge on any atom is -0.507 e. The summed E-state index contributed by atoms with van der Waals surface area (Å²) in [5, 5.41) is 13.0. The summed E-state index contributed by atoms with van der Waals surface area (Å²) in [6, 6.07) is 16.4. The first-order valence-corrected chi connectivity index (χ1v) is 10.8. The number of thiophene rings is 1. The van der Waals surface area contributed by atoms with Gasteiger partial charge in [0.2, 0.25) is 0 Å². The van der Waals surface area contributed by atoms with Gasteiger partial charge in [-0.15, -0.1) is 11.3 Å². The lowest BCUT2D eigenvalue weighted by molar-refractivity contribution is -0.132. The molecule has 5 heteroatoms. The van der Waals surface area contributed by atoms with Crippen LogP contribution in [0.4, 0.5) is 5.69 Å². The molecule has 1 aliphatic rings. The van der Waals surface area contributed by atoms with Crippen LogP contribution < -0.4 is 4.90 Å². The van der Waals surface area contributed by atoms with Gasteiger partial charge < -0.3 is 5.11 Å². The van der Waals surface area contributed by atoms with Crippen molar-refractivity contribution in [3.63, 3.8) is 0 Å². The van der Waals surface area contributed by atoms with Gasteiger partial charge >= 0.3 is 0 Å². The number of anilines is 1. The fraction of sp³-hybridized carbons (Fsp3) is 0.200. The molecule has 1 aliphatic heterocycles. The maximum absolute atomic E-state index is 13.2. The zero-order chi connectivity index (χ0) is 21.4. The number of Topliss-reactive ketones (excluding diaryl/α,β-unsaturated/α-hetero) is 1. The van der Waals surface area contributed by atoms with Gasteiger partial charge in [0.05, 0.1) is 5.57 Å². The number of aliphatic hydroxyl groups excluding tert-OH is 1. The largest absolute Gasteiger partial charge is 0.507 e. The van der Waals surface area contributed by atoms with Crippen LogP contribution >= 0.6 is 11.3 Å². The van der Waals surface area contributed by atoms with Crippen molar-refractivity contribution in [1.82, 2.24) is 0 Å². The Bertz CT molecular complexity index is 1140. The van der Waals surface area contributed by atoms with Crippen LogP contribution in [-0.4, -0.2) is 16.8 Å². The minimum absolute atomic E-state index is 0.132. The van der Waals surface area contributed by atoms with Gasteiger partial charge in [0, 0.05) is 16.1 Å². The highest BCUT2D eigenvalue weighted by Crippen LogP contribution is 2.44. The maximum atomic E-state index is 13.2. The number of carbonyl (C=O) groups excluding carboxylic acids is 2. The number of aryl methyl sites for hydroxylation is 3. The van der Waals surface area contributed by atoms with E-state index in [1.807, 2.05) is 61.7 Å². The van der Waals surface area contributed by atoms with Gasteiger partial charge in [-0.2, -0.15) is 0 Å². The predicted molar refractivity (Wildman–Crippen MR) is 121 cm³/mol. The first kappa shape index (κ1) is 20.1. The van der Waals surface area contributed by atoms with Crippen LogP contribution in [0.25, 0.3) is 5.76 Å². The van der Waals surface area contributed by atoms with Crippen LogP contribution in [0.5, 0.6) is 0 Å². The summed E-state index contributed by atoms with van der Waals surface area (Å²) >= 11 is 1.46. The van der Waals surface area contributed by atoms with E-state index < -0.39 is 17.7 Å². The fourth-order valence-electron chi connectivity index (χ4n) is 3.83. The first-order valence-electron chi connectivity index (χ1n) is 9.93. The van der Waals surface area contributed by atoms with E-state index in [1.165, 1.54) is 16.2 Å². The van der Waals surface area contributed by atoms with Gasteiger partial charge in [-0.05, 0) is 54.5 Å². The van der Waals surface area contributed by atoms with E-state index in [9.17, 15) is 14.7 Å². The van der Waals surface area contributed by atoms with Crippen molar-refractivity contribution in [3.05, 3.63) is 92.7 Å². The number of benzene rings is 2. The Morgan fingerprint density at radius 2 is 1.80 bits per heavy atom. The number of ketones is 1. The van der Waals surface area contributed by atoms with Crippen LogP contribution in [0.1, 0.15) is 40.1 Å². The van der Waals surface area contributed by atoms with Crippen molar-refractivity contribution in [2.24, 2.45) is 0 Å². The van der Waals surface area contributed by atoms with E-state index in [-0.39, 0.29) is 11.3 Å². The normalized spacial score (nSPS) is 18.2. The lowest BCUT2D eigenvalue weighted by atomic mass is 9.98. The summed E-state index contributed by atoms with van der Waals surface area (Å²) in [5.41, 5.74) is 4.39. The summed E-state index contributed by atoms with van der Waals surface area (Å²) in [7, 11) is 0. The number of amides is 1. The number of nitrogens with zero attached hydrogens (tertiary/aromatic N) is 1. The van der Waals surface area contributed by atoms with Crippen molar-refractivity contribution in [2.45, 2.75) is 33.2 Å². The number of hydrogen-bond donors (Lipinski definition) is 1. The van der Waals surface area contributed by atoms with Gasteiger partial charge in [0.15, 0.2) is 0 Å². The number of rotatable bonds is 4. The Hall–Kier alpha value is -3.18. The number of hydrogen-bond acceptors (Lipinski definition) is 4. The van der Waals surface area contributed by atoms with Crippen LogP contribution in [0.15, 0.2) is 65.6 Å². The molecule has 1 N–H and O–H groups in total. The van der Waals surface area contributed by atoms with Crippen LogP contribution in [0, 0.1) is 13.8 Å². The minimum atomic E-state index is -0.661. The Labute approximate surface area is 180 Å². The molecule has 2 heterocycles. The van der Waals surface area contributed by atoms with Gasteiger partial charge in [-0.25, -0.2) is 0 Å². The Morgan fingerprint density at radius 3 is 2.43 bits per heavy atom. The highest BCUT2D eigenvalue weighted by atomic mass is 32.1. The molecule has 1 unspecified atom stereocenters. The van der Waals surface area contributed by atoms with Crippen LogP contribution in [0.3, 0.4) is 0 Å². The molecule has 0 aliphatic carbocycles. The monoisotopic (exact) mass is 417 g/mol. The molecule has 3 aromatic rings. The molecule has 0 bridgehead atoms. The molecule has 1 fully saturated rings. The standard InChI is InChI=1S/C25H23NO3S/c1-4-17-9-11-18(12-10-17)23(27)21-22(20-6-5-13-30-20)26(25(29)24(21)28)19-14-15(2)7-8-16(19)3/h5-14,22,27H,4H2,1-3H3/b23-21-. The van der Waals surface area contributed by atoms with E-state index in [2.05, 4.69) is 6.92 Å². The first-order chi connectivity index (χ1) is 14.4. The van der Waals surface area contributed by atoms with Gasteiger partial charge in [-0.1, -0.05) is 49.4 Å². The molecule has 1 aromatic heterocycles. The molecule has 0 saturated carbocycles. The maximum Gasteiger partial charge on any atom is 0.300 e. The Morgan fingerprint density at radius 1 is 1.07 bits per heavy atom. The lowest BCUT2D eigenvalue weighted by Crippen LogP contribution is -2.29. The molecule has 4 nitrogen and oxygen atoms in total. The average molecular weight is 418 g/mol. The molecule has 1 amide bonds. The van der Waals surface area contributed by atoms with Crippen molar-refractivity contribution in [2.75, 3.05) is 4.90 Å². The third kappa shape index (κ3) is 3.35. The second kappa shape index (κ2) is 7.92. The number of aliphatic hydroxyl groups is 1. The van der Waals surface area contributed by atoms with Crippen LogP contribution in [0.2, 0.25) is 0 Å². The quantitative estimate of drug-likeness (QED) is 0.344. The Kier molecular flexibility index (Phi) is 5.31. The molecule has 30 heavy (non-hydrogen) atoms. The molecule has 1 saturated heterocycles. The lowest BCUT2D eigenvalue weighted by Gasteiger charge is -2.26. The zero-order valence-corrected chi connectivity index (χ0v) is 18.0. The zero-order valence-electron chi connectivity index (χ0n) is 17.2. The van der Waals surface area contributed by atoms with E-state index in [0.29, 0.717) is 11.3 Å². The van der Waals surface area contributed by atoms with Crippen molar-refractivity contribution >= 4 is 34.5 Å². The van der Waals surface area contributed by atoms with E-state index in [0.717, 1.165) is 28.0 Å². The third-order valence-electron chi connectivity index (χ3n) is 5.52. The molecular formula is C25H23NO3S. The summed E-state index contributed by atoms with van der Waals surface area (Å²) in [5.74, 6) is -1.41. The van der Waals surface area contributed by atoms with Crippen molar-refractivity contribution in [3.8, 4) is 0 Å². The highest BCUT2D eigenvalue weighted by molar-refractivity contribution is 7.10. The summed E-state index contributed by atoms with van der Waals surface area (Å²) < 4.78 is 0. The van der Waals surface area contributed by atoms with Gasteiger partial charge in [0.25, 0.3) is 11.7 Å². The van der Waals surface area contributed by atoms with E-state index >= 15 is 0 Å². The smallest absolute Gasteiger partial charge is 0.300 e. The molecule has 152 valence electrons. The molecule has 2 aromatic carbocycles. The van der Waals surface area contributed by atoms with E-state index in [4.69, 9.17) is 0 Å². The molecule has 0 spiro atoms. The predicted octanol–water partition coefficient (Wildman–Crippen LogP) is 5.55. The van der Waals surface area contributed by atoms with E-state index in [1.54, 1.807) is 12.1 Å². The summed E-state index contributed by atoms with van der Waals surface area (Å²) in [6.07, 6.45) is 0.882. The molecular weight excluding hydrogens is 394 g/mol. The third-order valence-corrected chi connectivity index (χ3v) is 6.44. The van der Waals surface area contributed by atoms with Crippen LogP contribution in [-0.2, 0) is 16.0 Å². The average Bonchev–Trinajstić information content (AvgIpc) is 3.37. The fourth-order valence-corrected chi connectivity index (χ4v) is 4.65. The molecule has 4 rings (SSSR count). The highest BCUT2D eigenvalue weighted by Gasteiger charge is 2.47. The van der Waals surface area contributed by atoms with Gasteiger partial charge in [-0.3, -0.25) is 14.5 Å². The summed E-state index contributed by atoms with van der Waals surface area (Å²) in [4.78, 5) is 28.6.